The summed E-state index contributed by atoms with van der Waals surface area (Å²) in [5, 5.41) is 5.65. The second-order valence-corrected chi connectivity index (χ2v) is 9.63. The zero-order valence-electron chi connectivity index (χ0n) is 21.6. The number of hydrogen-bond acceptors (Lipinski definition) is 5. The van der Waals surface area contributed by atoms with E-state index >= 15 is 0 Å². The molecule has 0 aliphatic carbocycles. The number of aromatic nitrogens is 4. The molecule has 0 radical (unpaired) electrons. The number of benzene rings is 2. The van der Waals surface area contributed by atoms with Gasteiger partial charge in [0.2, 0.25) is 5.91 Å². The molecule has 0 saturated carbocycles. The van der Waals surface area contributed by atoms with Crippen LogP contribution < -0.4 is 4.90 Å². The Morgan fingerprint density at radius 2 is 1.73 bits per heavy atom. The lowest BCUT2D eigenvalue weighted by Crippen LogP contribution is -2.34. The predicted molar refractivity (Wildman–Crippen MR) is 149 cm³/mol. The van der Waals surface area contributed by atoms with E-state index in [1.165, 1.54) is 0 Å². The van der Waals surface area contributed by atoms with Gasteiger partial charge in [0.05, 0.1) is 17.3 Å². The van der Waals surface area contributed by atoms with E-state index in [1.807, 2.05) is 82.5 Å². The second kappa shape index (κ2) is 11.4. The number of rotatable bonds is 7. The first-order chi connectivity index (χ1) is 18.1. The summed E-state index contributed by atoms with van der Waals surface area (Å²) in [4.78, 5) is 27.3. The molecule has 1 aliphatic heterocycles. The SMILES string of the molecule is CCC[C@H](C)c1nc(N2CCCN(C(=O)/C=C/c3ccccc3)CC2)c2cnn(-c3ccccc3)c2n1. The van der Waals surface area contributed by atoms with Crippen LogP contribution in [0.3, 0.4) is 0 Å². The Morgan fingerprint density at radius 3 is 2.49 bits per heavy atom. The molecule has 0 N–H and O–H groups in total. The Hall–Kier alpha value is -4.00. The van der Waals surface area contributed by atoms with Crippen molar-refractivity contribution in [2.45, 2.75) is 39.0 Å². The van der Waals surface area contributed by atoms with Gasteiger partial charge in [0, 0.05) is 38.2 Å². The smallest absolute Gasteiger partial charge is 0.246 e. The van der Waals surface area contributed by atoms with Crippen LogP contribution in [0.5, 0.6) is 0 Å². The molecular formula is C30H34N6O. The van der Waals surface area contributed by atoms with Gasteiger partial charge in [-0.25, -0.2) is 14.6 Å². The maximum atomic E-state index is 12.9. The number of carbonyl (C=O) groups excluding carboxylic acids is 1. The second-order valence-electron chi connectivity index (χ2n) is 9.63. The van der Waals surface area contributed by atoms with Gasteiger partial charge in [-0.15, -0.1) is 0 Å². The molecule has 1 atom stereocenters. The number of carbonyl (C=O) groups is 1. The molecule has 4 aromatic rings. The van der Waals surface area contributed by atoms with E-state index in [0.29, 0.717) is 6.54 Å². The van der Waals surface area contributed by atoms with E-state index in [9.17, 15) is 4.79 Å². The number of hydrogen-bond donors (Lipinski definition) is 0. The Balaban J connectivity index is 1.42. The third-order valence-corrected chi connectivity index (χ3v) is 6.91. The first kappa shape index (κ1) is 24.7. The van der Waals surface area contributed by atoms with Gasteiger partial charge in [0.1, 0.15) is 11.6 Å². The number of amides is 1. The van der Waals surface area contributed by atoms with Gasteiger partial charge in [-0.1, -0.05) is 68.8 Å². The summed E-state index contributed by atoms with van der Waals surface area (Å²) >= 11 is 0. The third kappa shape index (κ3) is 5.56. The molecule has 7 heteroatoms. The average molecular weight is 495 g/mol. The van der Waals surface area contributed by atoms with Crippen LogP contribution >= 0.6 is 0 Å². The Morgan fingerprint density at radius 1 is 0.973 bits per heavy atom. The molecule has 190 valence electrons. The van der Waals surface area contributed by atoms with E-state index in [0.717, 1.165) is 72.8 Å². The number of anilines is 1. The summed E-state index contributed by atoms with van der Waals surface area (Å²) < 4.78 is 1.91. The fourth-order valence-electron chi connectivity index (χ4n) is 4.88. The minimum Gasteiger partial charge on any atom is -0.354 e. The van der Waals surface area contributed by atoms with Gasteiger partial charge < -0.3 is 9.80 Å². The normalized spacial score (nSPS) is 15.3. The van der Waals surface area contributed by atoms with Crippen LogP contribution in [0.2, 0.25) is 0 Å². The summed E-state index contributed by atoms with van der Waals surface area (Å²) in [7, 11) is 0. The number of nitrogens with zero attached hydrogens (tertiary/aromatic N) is 6. The van der Waals surface area contributed by atoms with Crippen molar-refractivity contribution in [3.8, 4) is 5.69 Å². The van der Waals surface area contributed by atoms with Crippen molar-refractivity contribution >= 4 is 28.8 Å². The summed E-state index contributed by atoms with van der Waals surface area (Å²) in [5.41, 5.74) is 2.84. The minimum atomic E-state index is 0.0488. The minimum absolute atomic E-state index is 0.0488. The lowest BCUT2D eigenvalue weighted by Gasteiger charge is -2.24. The van der Waals surface area contributed by atoms with E-state index in [2.05, 4.69) is 18.7 Å². The highest BCUT2D eigenvalue weighted by molar-refractivity contribution is 5.92. The van der Waals surface area contributed by atoms with Crippen LogP contribution in [0.1, 0.15) is 50.4 Å². The van der Waals surface area contributed by atoms with Crippen molar-refractivity contribution in [1.29, 1.82) is 0 Å². The molecule has 2 aromatic carbocycles. The number of para-hydroxylation sites is 1. The molecule has 2 aromatic heterocycles. The van der Waals surface area contributed by atoms with Gasteiger partial charge in [0.15, 0.2) is 5.65 Å². The molecule has 1 amide bonds. The van der Waals surface area contributed by atoms with Crippen molar-refractivity contribution < 1.29 is 4.79 Å². The Bertz CT molecular complexity index is 1370. The molecule has 7 nitrogen and oxygen atoms in total. The van der Waals surface area contributed by atoms with E-state index in [1.54, 1.807) is 6.08 Å². The highest BCUT2D eigenvalue weighted by Gasteiger charge is 2.24. The van der Waals surface area contributed by atoms with Crippen molar-refractivity contribution in [3.05, 3.63) is 84.3 Å². The van der Waals surface area contributed by atoms with Gasteiger partial charge in [-0.2, -0.15) is 5.10 Å². The van der Waals surface area contributed by atoms with Gasteiger partial charge in [0.25, 0.3) is 0 Å². The Labute approximate surface area is 218 Å². The molecule has 1 saturated heterocycles. The lowest BCUT2D eigenvalue weighted by molar-refractivity contribution is -0.125. The first-order valence-electron chi connectivity index (χ1n) is 13.2. The lowest BCUT2D eigenvalue weighted by atomic mass is 10.1. The molecule has 5 rings (SSSR count). The van der Waals surface area contributed by atoms with Crippen molar-refractivity contribution in [2.24, 2.45) is 0 Å². The van der Waals surface area contributed by atoms with Gasteiger partial charge >= 0.3 is 0 Å². The van der Waals surface area contributed by atoms with Crippen LogP contribution in [0.15, 0.2) is 72.9 Å². The van der Waals surface area contributed by atoms with E-state index in [-0.39, 0.29) is 11.8 Å². The topological polar surface area (TPSA) is 67.2 Å². The van der Waals surface area contributed by atoms with Gasteiger partial charge in [-0.3, -0.25) is 4.79 Å². The highest BCUT2D eigenvalue weighted by atomic mass is 16.2. The zero-order valence-corrected chi connectivity index (χ0v) is 21.6. The van der Waals surface area contributed by atoms with E-state index in [4.69, 9.17) is 15.1 Å². The molecule has 37 heavy (non-hydrogen) atoms. The summed E-state index contributed by atoms with van der Waals surface area (Å²) in [6.45, 7) is 7.31. The number of fused-ring (bicyclic) bond motifs is 1. The monoisotopic (exact) mass is 494 g/mol. The standard InChI is InChI=1S/C30H34N6O/c1-3-11-23(2)28-32-29(26-22-31-36(30(26)33-28)25-14-8-5-9-15-25)35-19-10-18-34(20-21-35)27(37)17-16-24-12-6-4-7-13-24/h4-9,12-17,22-23H,3,10-11,18-21H2,1-2H3/b17-16+/t23-/m0/s1. The summed E-state index contributed by atoms with van der Waals surface area (Å²) in [5.74, 6) is 2.07. The largest absolute Gasteiger partial charge is 0.354 e. The third-order valence-electron chi connectivity index (χ3n) is 6.91. The Kier molecular flexibility index (Phi) is 7.59. The van der Waals surface area contributed by atoms with Crippen LogP contribution in [0, 0.1) is 0 Å². The molecule has 3 heterocycles. The van der Waals surface area contributed by atoms with Crippen LogP contribution in [0.4, 0.5) is 5.82 Å². The highest BCUT2D eigenvalue weighted by Crippen LogP contribution is 2.29. The summed E-state index contributed by atoms with van der Waals surface area (Å²) in [6.07, 6.45) is 8.43. The maximum Gasteiger partial charge on any atom is 0.246 e. The van der Waals surface area contributed by atoms with Crippen molar-refractivity contribution in [3.63, 3.8) is 0 Å². The van der Waals surface area contributed by atoms with Crippen LogP contribution in [-0.2, 0) is 4.79 Å². The van der Waals surface area contributed by atoms with Crippen LogP contribution in [0.25, 0.3) is 22.8 Å². The molecule has 0 spiro atoms. The molecule has 1 fully saturated rings. The zero-order chi connectivity index (χ0) is 25.6. The maximum absolute atomic E-state index is 12.9. The average Bonchev–Trinajstić information content (AvgIpc) is 3.21. The predicted octanol–water partition coefficient (Wildman–Crippen LogP) is 5.47. The first-order valence-corrected chi connectivity index (χ1v) is 13.2. The van der Waals surface area contributed by atoms with Crippen molar-refractivity contribution in [2.75, 3.05) is 31.1 Å². The van der Waals surface area contributed by atoms with E-state index < -0.39 is 0 Å². The fraction of sp³-hybridized carbons (Fsp3) is 0.333. The summed E-state index contributed by atoms with van der Waals surface area (Å²) in [6, 6.07) is 20.0. The quantitative estimate of drug-likeness (QED) is 0.319. The molecular weight excluding hydrogens is 460 g/mol. The van der Waals surface area contributed by atoms with Crippen molar-refractivity contribution in [1.82, 2.24) is 24.6 Å². The molecule has 0 bridgehead atoms. The van der Waals surface area contributed by atoms with Crippen LogP contribution in [-0.4, -0.2) is 56.7 Å². The molecule has 1 aliphatic rings. The van der Waals surface area contributed by atoms with Gasteiger partial charge in [-0.05, 0) is 36.6 Å². The molecule has 0 unspecified atom stereocenters. The fourth-order valence-corrected chi connectivity index (χ4v) is 4.88.